The summed E-state index contributed by atoms with van der Waals surface area (Å²) < 4.78 is 11.3. The first-order valence-corrected chi connectivity index (χ1v) is 33.9. The second kappa shape index (κ2) is 57.2. The van der Waals surface area contributed by atoms with E-state index >= 15 is 0 Å². The Kier molecular flexibility index (Phi) is 54.9. The fraction of sp³-hybridized carbons (Fsp3) is 0.955. The molecule has 1 aliphatic heterocycles. The third-order valence-corrected chi connectivity index (χ3v) is 16.6. The first-order chi connectivity index (χ1) is 37.3. The minimum atomic E-state index is -1.56. The number of amides is 1. The number of nitrogens with one attached hydrogen (secondary N) is 1. The molecule has 9 nitrogen and oxygen atoms in total. The van der Waals surface area contributed by atoms with Crippen LogP contribution in [-0.2, 0) is 14.3 Å². The number of carbonyl (C=O) groups is 1. The predicted octanol–water partition coefficient (Wildman–Crippen LogP) is 17.9. The summed E-state index contributed by atoms with van der Waals surface area (Å²) in [4.78, 5) is 13.1. The van der Waals surface area contributed by atoms with Crippen LogP contribution in [0.3, 0.4) is 0 Å². The molecule has 7 unspecified atom stereocenters. The van der Waals surface area contributed by atoms with Gasteiger partial charge in [-0.3, -0.25) is 4.79 Å². The highest BCUT2D eigenvalue weighted by Crippen LogP contribution is 2.23. The molecule has 1 amide bonds. The van der Waals surface area contributed by atoms with E-state index in [9.17, 15) is 30.3 Å². The molecule has 76 heavy (non-hydrogen) atoms. The third-order valence-electron chi connectivity index (χ3n) is 16.6. The number of hydrogen-bond donors (Lipinski definition) is 6. The Morgan fingerprint density at radius 2 is 0.724 bits per heavy atom. The number of allylic oxidation sites excluding steroid dienone is 1. The van der Waals surface area contributed by atoms with Crippen molar-refractivity contribution in [3.05, 3.63) is 12.2 Å². The van der Waals surface area contributed by atoms with Gasteiger partial charge in [-0.15, -0.1) is 0 Å². The monoisotopic (exact) mass is 1080 g/mol. The predicted molar refractivity (Wildman–Crippen MR) is 323 cm³/mol. The van der Waals surface area contributed by atoms with Crippen LogP contribution in [0.4, 0.5) is 0 Å². The van der Waals surface area contributed by atoms with Crippen molar-refractivity contribution >= 4 is 5.91 Å². The Labute approximate surface area is 471 Å². The first-order valence-electron chi connectivity index (χ1n) is 33.9. The lowest BCUT2D eigenvalue weighted by Gasteiger charge is -2.40. The average Bonchev–Trinajstić information content (AvgIpc) is 3.42. The molecule has 0 aromatic heterocycles. The minimum absolute atomic E-state index is 0.167. The molecule has 0 aliphatic carbocycles. The van der Waals surface area contributed by atoms with Gasteiger partial charge in [0.05, 0.1) is 25.4 Å². The molecule has 0 aromatic rings. The molecule has 1 aliphatic rings. The van der Waals surface area contributed by atoms with Crippen LogP contribution >= 0.6 is 0 Å². The Morgan fingerprint density at radius 1 is 0.434 bits per heavy atom. The van der Waals surface area contributed by atoms with Gasteiger partial charge >= 0.3 is 0 Å². The lowest BCUT2D eigenvalue weighted by molar-refractivity contribution is -0.302. The van der Waals surface area contributed by atoms with Crippen molar-refractivity contribution in [3.8, 4) is 0 Å². The molecular formula is C67H131NO8. The summed E-state index contributed by atoms with van der Waals surface area (Å²) in [6.45, 7) is 3.84. The van der Waals surface area contributed by atoms with Crippen molar-refractivity contribution in [1.29, 1.82) is 0 Å². The normalized spacial score (nSPS) is 18.8. The molecule has 1 heterocycles. The maximum absolute atomic E-state index is 13.1. The first kappa shape index (κ1) is 72.9. The fourth-order valence-corrected chi connectivity index (χ4v) is 11.3. The van der Waals surface area contributed by atoms with E-state index < -0.39 is 49.5 Å². The molecule has 6 N–H and O–H groups in total. The van der Waals surface area contributed by atoms with E-state index in [1.807, 2.05) is 6.08 Å². The van der Waals surface area contributed by atoms with Crippen LogP contribution in [0.2, 0.25) is 0 Å². The Balaban J connectivity index is 2.14. The van der Waals surface area contributed by atoms with Crippen LogP contribution in [0.25, 0.3) is 0 Å². The van der Waals surface area contributed by atoms with E-state index in [4.69, 9.17) is 9.47 Å². The van der Waals surface area contributed by atoms with Gasteiger partial charge < -0.3 is 40.3 Å². The Morgan fingerprint density at radius 3 is 1.03 bits per heavy atom. The van der Waals surface area contributed by atoms with Crippen LogP contribution in [0.15, 0.2) is 12.2 Å². The molecule has 452 valence electrons. The zero-order chi connectivity index (χ0) is 55.0. The number of carbonyl (C=O) groups excluding carboxylic acids is 1. The molecule has 1 saturated heterocycles. The molecule has 0 radical (unpaired) electrons. The quantitative estimate of drug-likeness (QED) is 0.0261. The number of rotatable bonds is 60. The van der Waals surface area contributed by atoms with E-state index in [-0.39, 0.29) is 12.5 Å². The van der Waals surface area contributed by atoms with E-state index in [0.29, 0.717) is 6.42 Å². The lowest BCUT2D eigenvalue weighted by Crippen LogP contribution is -2.60. The van der Waals surface area contributed by atoms with Crippen molar-refractivity contribution in [3.63, 3.8) is 0 Å². The largest absolute Gasteiger partial charge is 0.394 e. The summed E-state index contributed by atoms with van der Waals surface area (Å²) in [5.41, 5.74) is 0. The summed E-state index contributed by atoms with van der Waals surface area (Å²) in [5.74, 6) is -0.167. The number of aliphatic hydroxyl groups excluding tert-OH is 5. The Bertz CT molecular complexity index is 1200. The summed E-state index contributed by atoms with van der Waals surface area (Å²) in [6.07, 6.45) is 66.0. The third kappa shape index (κ3) is 45.6. The highest BCUT2D eigenvalue weighted by atomic mass is 16.7. The fourth-order valence-electron chi connectivity index (χ4n) is 11.3. The number of ether oxygens (including phenoxy) is 2. The van der Waals surface area contributed by atoms with Crippen molar-refractivity contribution in [2.75, 3.05) is 13.2 Å². The summed E-state index contributed by atoms with van der Waals surface area (Å²) >= 11 is 0. The average molecular weight is 1080 g/mol. The molecule has 1 fully saturated rings. The smallest absolute Gasteiger partial charge is 0.220 e. The van der Waals surface area contributed by atoms with Crippen molar-refractivity contribution in [2.45, 2.75) is 397 Å². The van der Waals surface area contributed by atoms with Gasteiger partial charge in [0.1, 0.15) is 24.4 Å². The maximum Gasteiger partial charge on any atom is 0.220 e. The summed E-state index contributed by atoms with van der Waals surface area (Å²) in [7, 11) is 0. The van der Waals surface area contributed by atoms with Gasteiger partial charge in [0.15, 0.2) is 6.29 Å². The second-order valence-corrected chi connectivity index (χ2v) is 24.0. The van der Waals surface area contributed by atoms with Crippen LogP contribution < -0.4 is 5.32 Å². The van der Waals surface area contributed by atoms with E-state index in [1.165, 1.54) is 295 Å². The van der Waals surface area contributed by atoms with Gasteiger partial charge in [0.2, 0.25) is 5.91 Å². The molecule has 0 bridgehead atoms. The van der Waals surface area contributed by atoms with Crippen molar-refractivity contribution < 1.29 is 39.8 Å². The molecule has 7 atom stereocenters. The zero-order valence-corrected chi connectivity index (χ0v) is 50.5. The van der Waals surface area contributed by atoms with E-state index in [2.05, 4.69) is 19.2 Å². The highest BCUT2D eigenvalue weighted by Gasteiger charge is 2.44. The molecule has 0 spiro atoms. The lowest BCUT2D eigenvalue weighted by atomic mass is 9.99. The van der Waals surface area contributed by atoms with Gasteiger partial charge in [-0.2, -0.15) is 0 Å². The van der Waals surface area contributed by atoms with Crippen LogP contribution in [0, 0.1) is 0 Å². The van der Waals surface area contributed by atoms with Gasteiger partial charge in [-0.1, -0.05) is 341 Å². The van der Waals surface area contributed by atoms with Crippen LogP contribution in [0.1, 0.15) is 354 Å². The van der Waals surface area contributed by atoms with Crippen LogP contribution in [-0.4, -0.2) is 87.5 Å². The number of hydrogen-bond acceptors (Lipinski definition) is 8. The highest BCUT2D eigenvalue weighted by molar-refractivity contribution is 5.76. The molecule has 0 aromatic carbocycles. The molecule has 0 saturated carbocycles. The maximum atomic E-state index is 13.1. The number of aliphatic hydroxyl groups is 5. The SMILES string of the molecule is CCCCCCCCCCCCCCCCCCCCCCCCCC/C=C/C(O)C(COC1OC(CO)C(O)C(O)C1O)NC(=O)CCCCCCCCCCCCCCCCCCCCCCCCCCCCC. The van der Waals surface area contributed by atoms with E-state index in [0.717, 1.165) is 38.5 Å². The van der Waals surface area contributed by atoms with Gasteiger partial charge in [-0.05, 0) is 19.3 Å². The standard InChI is InChI=1S/C67H131NO8/c1-3-5-7-9-11-13-15-17-19-21-23-25-27-29-31-33-35-37-39-41-43-45-47-49-51-53-55-57-63(71)68-60(59-75-67-66(74)65(73)64(72)62(58-69)76-67)61(70)56-54-52-50-48-46-44-42-40-38-36-34-32-30-28-26-24-22-20-18-16-14-12-10-8-6-4-2/h54,56,60-62,64-67,69-70,72-74H,3-53,55,57-59H2,1-2H3,(H,68,71)/b56-54+. The van der Waals surface area contributed by atoms with Gasteiger partial charge in [-0.25, -0.2) is 0 Å². The molecule has 9 heteroatoms. The van der Waals surface area contributed by atoms with Gasteiger partial charge in [0, 0.05) is 6.42 Å². The minimum Gasteiger partial charge on any atom is -0.394 e. The van der Waals surface area contributed by atoms with Gasteiger partial charge in [0.25, 0.3) is 0 Å². The summed E-state index contributed by atoms with van der Waals surface area (Å²) in [6, 6.07) is -0.802. The van der Waals surface area contributed by atoms with E-state index in [1.54, 1.807) is 6.08 Å². The molecule has 1 rings (SSSR count). The summed E-state index contributed by atoms with van der Waals surface area (Å²) in [5, 5.41) is 54.7. The Hall–Kier alpha value is -1.07. The van der Waals surface area contributed by atoms with Crippen LogP contribution in [0.5, 0.6) is 0 Å². The van der Waals surface area contributed by atoms with Crippen molar-refractivity contribution in [1.82, 2.24) is 5.32 Å². The zero-order valence-electron chi connectivity index (χ0n) is 50.5. The number of unbranched alkanes of at least 4 members (excludes halogenated alkanes) is 50. The van der Waals surface area contributed by atoms with Crippen molar-refractivity contribution in [2.24, 2.45) is 0 Å². The topological polar surface area (TPSA) is 149 Å². The molecular weight excluding hydrogens is 947 g/mol. The second-order valence-electron chi connectivity index (χ2n) is 24.0.